The van der Waals surface area contributed by atoms with Gasteiger partial charge >= 0.3 is 0 Å². The largest absolute Gasteiger partial charge is 0.301 e. The summed E-state index contributed by atoms with van der Waals surface area (Å²) in [5, 5.41) is 0.248. The van der Waals surface area contributed by atoms with Gasteiger partial charge in [0, 0.05) is 11.8 Å². The fraction of sp³-hybridized carbons (Fsp3) is 0.273. The minimum Gasteiger partial charge on any atom is -0.301 e. The molecule has 0 fully saturated rings. The maximum absolute atomic E-state index is 13.5. The van der Waals surface area contributed by atoms with Crippen LogP contribution in [-0.2, 0) is 6.42 Å². The van der Waals surface area contributed by atoms with E-state index in [0.29, 0.717) is 12.1 Å². The van der Waals surface area contributed by atoms with Crippen molar-refractivity contribution < 1.29 is 4.39 Å². The van der Waals surface area contributed by atoms with Crippen molar-refractivity contribution in [2.24, 2.45) is 0 Å². The van der Waals surface area contributed by atoms with Crippen molar-refractivity contribution in [3.63, 3.8) is 0 Å². The molecule has 0 spiro atoms. The van der Waals surface area contributed by atoms with E-state index < -0.39 is 5.82 Å². The predicted octanol–water partition coefficient (Wildman–Crippen LogP) is 2.46. The number of halogens is 2. The van der Waals surface area contributed by atoms with Gasteiger partial charge in [0.1, 0.15) is 5.03 Å². The summed E-state index contributed by atoms with van der Waals surface area (Å²) in [7, 11) is 0. The average Bonchev–Trinajstić information content (AvgIpc) is 2.33. The molecule has 0 aromatic carbocycles. The summed E-state index contributed by atoms with van der Waals surface area (Å²) in [5.74, 6) is -0.613. The van der Waals surface area contributed by atoms with E-state index in [1.54, 1.807) is 0 Å². The lowest BCUT2D eigenvalue weighted by Gasteiger charge is -2.03. The van der Waals surface area contributed by atoms with Gasteiger partial charge in [-0.15, -0.1) is 0 Å². The molecular weight excluding hydrogens is 291 g/mol. The van der Waals surface area contributed by atoms with Crippen molar-refractivity contribution in [3.8, 4) is 0 Å². The summed E-state index contributed by atoms with van der Waals surface area (Å²) in [6.07, 6.45) is 2.53. The number of nitrogens with zero attached hydrogens (tertiary/aromatic N) is 3. The number of aryl methyl sites for hydroxylation is 1. The maximum Gasteiger partial charge on any atom is 0.251 e. The Morgan fingerprint density at radius 2 is 2.26 bits per heavy atom. The summed E-state index contributed by atoms with van der Waals surface area (Å²) in [6.45, 7) is 1.99. The van der Waals surface area contributed by atoms with Gasteiger partial charge in [-0.05, 0) is 29.8 Å². The van der Waals surface area contributed by atoms with Crippen LogP contribution in [0.25, 0.3) is 0 Å². The topological polar surface area (TPSA) is 71.5 Å². The van der Waals surface area contributed by atoms with E-state index in [-0.39, 0.29) is 21.0 Å². The van der Waals surface area contributed by atoms with Gasteiger partial charge in [-0.3, -0.25) is 4.79 Å². The summed E-state index contributed by atoms with van der Waals surface area (Å²) >= 11 is 6.51. The number of aromatic amines is 1. The van der Waals surface area contributed by atoms with Crippen molar-refractivity contribution in [2.75, 3.05) is 0 Å². The number of H-pyrrole nitrogens is 1. The van der Waals surface area contributed by atoms with Crippen LogP contribution in [0.4, 0.5) is 4.39 Å². The number of rotatable bonds is 4. The van der Waals surface area contributed by atoms with E-state index in [1.165, 1.54) is 6.07 Å². The first-order chi connectivity index (χ1) is 9.08. The van der Waals surface area contributed by atoms with Crippen molar-refractivity contribution in [3.05, 3.63) is 39.4 Å². The van der Waals surface area contributed by atoms with E-state index in [1.807, 2.05) is 6.92 Å². The molecule has 0 aliphatic carbocycles. The lowest BCUT2D eigenvalue weighted by atomic mass is 10.2. The zero-order valence-corrected chi connectivity index (χ0v) is 11.6. The van der Waals surface area contributed by atoms with Gasteiger partial charge < -0.3 is 4.98 Å². The highest BCUT2D eigenvalue weighted by atomic mass is 35.5. The normalized spacial score (nSPS) is 10.7. The first-order valence-corrected chi connectivity index (χ1v) is 6.74. The Hall–Kier alpha value is -1.47. The van der Waals surface area contributed by atoms with Crippen LogP contribution in [0.2, 0.25) is 5.28 Å². The van der Waals surface area contributed by atoms with E-state index >= 15 is 0 Å². The predicted molar refractivity (Wildman–Crippen MR) is 70.0 cm³/mol. The van der Waals surface area contributed by atoms with E-state index in [0.717, 1.165) is 24.4 Å². The van der Waals surface area contributed by atoms with Crippen LogP contribution in [0, 0.1) is 5.82 Å². The molecule has 0 aliphatic rings. The molecule has 0 radical (unpaired) electrons. The smallest absolute Gasteiger partial charge is 0.251 e. The quantitative estimate of drug-likeness (QED) is 0.693. The SMILES string of the molecule is CCCc1cc(=O)[nH]c(Sc2nc(Cl)ncc2F)n1. The molecular formula is C11H10ClFN4OS. The van der Waals surface area contributed by atoms with Crippen molar-refractivity contribution >= 4 is 23.4 Å². The third-order valence-corrected chi connectivity index (χ3v) is 3.20. The third-order valence-electron chi connectivity index (χ3n) is 2.16. The summed E-state index contributed by atoms with van der Waals surface area (Å²) in [6, 6.07) is 1.43. The summed E-state index contributed by atoms with van der Waals surface area (Å²) in [4.78, 5) is 25.5. The number of hydrogen-bond acceptors (Lipinski definition) is 5. The van der Waals surface area contributed by atoms with Crippen LogP contribution in [-0.4, -0.2) is 19.9 Å². The molecule has 0 saturated heterocycles. The molecule has 1 N–H and O–H groups in total. The molecule has 8 heteroatoms. The molecule has 0 bridgehead atoms. The van der Waals surface area contributed by atoms with Gasteiger partial charge in [-0.25, -0.2) is 19.3 Å². The van der Waals surface area contributed by atoms with Crippen LogP contribution >= 0.6 is 23.4 Å². The lowest BCUT2D eigenvalue weighted by molar-refractivity contribution is 0.578. The Labute approximate surface area is 117 Å². The third kappa shape index (κ3) is 3.74. The molecule has 0 amide bonds. The molecule has 2 aromatic heterocycles. The molecule has 2 heterocycles. The lowest BCUT2D eigenvalue weighted by Crippen LogP contribution is -2.10. The van der Waals surface area contributed by atoms with Crippen LogP contribution in [0.3, 0.4) is 0 Å². The second-order valence-electron chi connectivity index (χ2n) is 3.69. The van der Waals surface area contributed by atoms with Crippen LogP contribution < -0.4 is 5.56 Å². The second-order valence-corrected chi connectivity index (χ2v) is 5.00. The molecule has 19 heavy (non-hydrogen) atoms. The van der Waals surface area contributed by atoms with Crippen LogP contribution in [0.1, 0.15) is 19.0 Å². The van der Waals surface area contributed by atoms with E-state index in [9.17, 15) is 9.18 Å². The standard InChI is InChI=1S/C11H10ClFN4OS/c1-2-3-6-4-8(18)16-11(15-6)19-9-7(13)5-14-10(12)17-9/h4-5H,2-3H2,1H3,(H,15,16,18). The first-order valence-electron chi connectivity index (χ1n) is 5.54. The number of hydrogen-bond donors (Lipinski definition) is 1. The molecule has 100 valence electrons. The zero-order chi connectivity index (χ0) is 13.8. The molecule has 0 unspecified atom stereocenters. The molecule has 5 nitrogen and oxygen atoms in total. The Morgan fingerprint density at radius 3 is 3.00 bits per heavy atom. The van der Waals surface area contributed by atoms with Crippen molar-refractivity contribution in [1.29, 1.82) is 0 Å². The van der Waals surface area contributed by atoms with Crippen LogP contribution in [0.15, 0.2) is 27.2 Å². The van der Waals surface area contributed by atoms with Crippen molar-refractivity contribution in [2.45, 2.75) is 29.9 Å². The Kier molecular flexibility index (Phi) is 4.49. The molecule has 2 rings (SSSR count). The van der Waals surface area contributed by atoms with Crippen LogP contribution in [0.5, 0.6) is 0 Å². The highest BCUT2D eigenvalue weighted by Crippen LogP contribution is 2.25. The Bertz CT molecular complexity index is 649. The molecule has 0 aliphatic heterocycles. The van der Waals surface area contributed by atoms with Gasteiger partial charge in [-0.2, -0.15) is 0 Å². The molecule has 0 saturated carbocycles. The first kappa shape index (κ1) is 14.0. The molecule has 0 atom stereocenters. The van der Waals surface area contributed by atoms with Gasteiger partial charge in [0.25, 0.3) is 5.56 Å². The van der Waals surface area contributed by atoms with Gasteiger partial charge in [-0.1, -0.05) is 13.3 Å². The minimum absolute atomic E-state index is 0.0248. The zero-order valence-electron chi connectivity index (χ0n) is 9.98. The number of aromatic nitrogens is 4. The fourth-order valence-electron chi connectivity index (χ4n) is 1.41. The van der Waals surface area contributed by atoms with Crippen molar-refractivity contribution in [1.82, 2.24) is 19.9 Å². The van der Waals surface area contributed by atoms with E-state index in [2.05, 4.69) is 19.9 Å². The average molecular weight is 301 g/mol. The Balaban J connectivity index is 2.32. The highest BCUT2D eigenvalue weighted by Gasteiger charge is 2.10. The summed E-state index contributed by atoms with van der Waals surface area (Å²) < 4.78 is 13.5. The number of nitrogens with one attached hydrogen (secondary N) is 1. The monoisotopic (exact) mass is 300 g/mol. The minimum atomic E-state index is -0.613. The second kappa shape index (κ2) is 6.12. The highest BCUT2D eigenvalue weighted by molar-refractivity contribution is 7.99. The van der Waals surface area contributed by atoms with Gasteiger partial charge in [0.05, 0.1) is 6.20 Å². The Morgan fingerprint density at radius 1 is 1.47 bits per heavy atom. The summed E-state index contributed by atoms with van der Waals surface area (Å²) in [5.41, 5.74) is 0.385. The molecule has 2 aromatic rings. The van der Waals surface area contributed by atoms with E-state index in [4.69, 9.17) is 11.6 Å². The van der Waals surface area contributed by atoms with Gasteiger partial charge in [0.2, 0.25) is 5.28 Å². The fourth-order valence-corrected chi connectivity index (χ4v) is 2.37. The van der Waals surface area contributed by atoms with Gasteiger partial charge in [0.15, 0.2) is 11.0 Å². The maximum atomic E-state index is 13.5.